The van der Waals surface area contributed by atoms with E-state index in [1.807, 2.05) is 17.6 Å². The molecule has 0 aliphatic rings. The van der Waals surface area contributed by atoms with Crippen molar-refractivity contribution in [3.05, 3.63) is 47.8 Å². The number of benzene rings is 1. The van der Waals surface area contributed by atoms with E-state index >= 15 is 0 Å². The second kappa shape index (κ2) is 11.2. The van der Waals surface area contributed by atoms with Gasteiger partial charge in [-0.05, 0) is 12.5 Å². The second-order valence-electron chi connectivity index (χ2n) is 5.75. The Morgan fingerprint density at radius 1 is 1.27 bits per heavy atom. The number of ether oxygens (including phenoxy) is 1. The lowest BCUT2D eigenvalue weighted by Gasteiger charge is -2.13. The Morgan fingerprint density at radius 3 is 2.85 bits per heavy atom. The molecule has 142 valence electrons. The predicted molar refractivity (Wildman–Crippen MR) is 99.4 cm³/mol. The van der Waals surface area contributed by atoms with Crippen molar-refractivity contribution in [2.75, 3.05) is 26.8 Å². The molecule has 0 bridgehead atoms. The fourth-order valence-corrected chi connectivity index (χ4v) is 2.42. The van der Waals surface area contributed by atoms with E-state index in [4.69, 9.17) is 4.74 Å². The van der Waals surface area contributed by atoms with E-state index in [0.717, 1.165) is 31.8 Å². The fourth-order valence-electron chi connectivity index (χ4n) is 2.42. The molecular formula is C18H27FN6O. The molecule has 1 heterocycles. The summed E-state index contributed by atoms with van der Waals surface area (Å²) in [7, 11) is 1.68. The van der Waals surface area contributed by atoms with Crippen LogP contribution in [0.25, 0.3) is 0 Å². The molecule has 8 heteroatoms. The summed E-state index contributed by atoms with van der Waals surface area (Å²) in [6, 6.07) is 6.68. The van der Waals surface area contributed by atoms with Crippen molar-refractivity contribution in [3.63, 3.8) is 0 Å². The van der Waals surface area contributed by atoms with Gasteiger partial charge in [0.1, 0.15) is 18.0 Å². The summed E-state index contributed by atoms with van der Waals surface area (Å²) in [5.41, 5.74) is 0.567. The average molecular weight is 362 g/mol. The molecule has 2 N–H and O–H groups in total. The van der Waals surface area contributed by atoms with Gasteiger partial charge in [0, 0.05) is 45.3 Å². The third-order valence-corrected chi connectivity index (χ3v) is 3.84. The number of guanidine groups is 1. The van der Waals surface area contributed by atoms with Crippen LogP contribution in [0.5, 0.6) is 0 Å². The van der Waals surface area contributed by atoms with Crippen LogP contribution in [0.4, 0.5) is 4.39 Å². The molecule has 0 spiro atoms. The predicted octanol–water partition coefficient (Wildman–Crippen LogP) is 1.75. The smallest absolute Gasteiger partial charge is 0.191 e. The molecule has 0 aliphatic carbocycles. The van der Waals surface area contributed by atoms with Gasteiger partial charge in [0.05, 0.1) is 6.54 Å². The molecule has 0 radical (unpaired) electrons. The molecule has 0 aliphatic heterocycles. The zero-order valence-corrected chi connectivity index (χ0v) is 15.4. The Hall–Kier alpha value is -2.48. The maximum Gasteiger partial charge on any atom is 0.191 e. The van der Waals surface area contributed by atoms with Gasteiger partial charge in [-0.3, -0.25) is 0 Å². The lowest BCUT2D eigenvalue weighted by atomic mass is 10.2. The number of hydrogen-bond donors (Lipinski definition) is 2. The van der Waals surface area contributed by atoms with Gasteiger partial charge in [0.15, 0.2) is 5.96 Å². The number of nitrogens with zero attached hydrogens (tertiary/aromatic N) is 4. The van der Waals surface area contributed by atoms with Gasteiger partial charge in [-0.2, -0.15) is 0 Å². The molecule has 0 amide bonds. The molecule has 0 saturated carbocycles. The molecule has 2 rings (SSSR count). The van der Waals surface area contributed by atoms with Crippen molar-refractivity contribution < 1.29 is 9.13 Å². The van der Waals surface area contributed by atoms with E-state index < -0.39 is 0 Å². The van der Waals surface area contributed by atoms with Crippen LogP contribution < -0.4 is 10.6 Å². The van der Waals surface area contributed by atoms with Crippen LogP contribution in [0.15, 0.2) is 35.6 Å². The highest BCUT2D eigenvalue weighted by molar-refractivity contribution is 5.79. The van der Waals surface area contributed by atoms with Crippen molar-refractivity contribution in [3.8, 4) is 0 Å². The summed E-state index contributed by atoms with van der Waals surface area (Å²) in [5, 5.41) is 14.5. The zero-order chi connectivity index (χ0) is 18.6. The quantitative estimate of drug-likeness (QED) is 0.383. The van der Waals surface area contributed by atoms with E-state index in [0.29, 0.717) is 24.7 Å². The maximum atomic E-state index is 13.8. The third-order valence-electron chi connectivity index (χ3n) is 3.84. The molecule has 7 nitrogen and oxygen atoms in total. The van der Waals surface area contributed by atoms with Gasteiger partial charge in [-0.15, -0.1) is 10.2 Å². The molecule has 26 heavy (non-hydrogen) atoms. The van der Waals surface area contributed by atoms with Crippen molar-refractivity contribution in [1.82, 2.24) is 25.4 Å². The number of halogens is 1. The highest BCUT2D eigenvalue weighted by atomic mass is 19.1. The summed E-state index contributed by atoms with van der Waals surface area (Å²) in [4.78, 5) is 4.49. The van der Waals surface area contributed by atoms with E-state index in [1.54, 1.807) is 25.6 Å². The Labute approximate surface area is 153 Å². The van der Waals surface area contributed by atoms with E-state index in [9.17, 15) is 4.39 Å². The molecule has 1 aromatic carbocycles. The second-order valence-corrected chi connectivity index (χ2v) is 5.75. The first kappa shape index (κ1) is 19.8. The lowest BCUT2D eigenvalue weighted by molar-refractivity contribution is 0.195. The van der Waals surface area contributed by atoms with Crippen LogP contribution in [0, 0.1) is 5.82 Å². The van der Waals surface area contributed by atoms with Crippen LogP contribution >= 0.6 is 0 Å². The summed E-state index contributed by atoms with van der Waals surface area (Å²) in [6.45, 7) is 5.12. The standard InChI is InChI=1S/C18H27FN6O/c1-3-17-24-23-14-25(17)11-10-21-18(20-9-6-12-26-2)22-13-15-7-4-5-8-16(15)19/h4-5,7-8,14H,3,6,9-13H2,1-2H3,(H2,20,21,22). The number of nitrogens with one attached hydrogen (secondary N) is 2. The van der Waals surface area contributed by atoms with Gasteiger partial charge in [0.2, 0.25) is 0 Å². The van der Waals surface area contributed by atoms with Crippen LogP contribution in [0.2, 0.25) is 0 Å². The van der Waals surface area contributed by atoms with Crippen LogP contribution in [0.1, 0.15) is 24.7 Å². The molecule has 0 saturated heterocycles. The maximum absolute atomic E-state index is 13.8. The first-order valence-corrected chi connectivity index (χ1v) is 8.85. The molecule has 0 fully saturated rings. The summed E-state index contributed by atoms with van der Waals surface area (Å²) >= 11 is 0. The molecule has 0 unspecified atom stereocenters. The van der Waals surface area contributed by atoms with Gasteiger partial charge in [-0.25, -0.2) is 9.38 Å². The molecule has 2 aromatic rings. The van der Waals surface area contributed by atoms with Crippen LogP contribution in [-0.4, -0.2) is 47.5 Å². The highest BCUT2D eigenvalue weighted by Gasteiger charge is 2.04. The van der Waals surface area contributed by atoms with Crippen molar-refractivity contribution in [2.45, 2.75) is 32.9 Å². The summed E-state index contributed by atoms with van der Waals surface area (Å²) in [5.74, 6) is 1.35. The first-order chi connectivity index (χ1) is 12.7. The molecular weight excluding hydrogens is 335 g/mol. The SMILES string of the molecule is CCc1nncn1CCNC(=NCc1ccccc1F)NCCCOC. The van der Waals surface area contributed by atoms with Crippen molar-refractivity contribution in [1.29, 1.82) is 0 Å². The monoisotopic (exact) mass is 362 g/mol. The Bertz CT molecular complexity index is 688. The minimum atomic E-state index is -0.243. The number of aromatic nitrogens is 3. The van der Waals surface area contributed by atoms with Gasteiger partial charge in [0.25, 0.3) is 0 Å². The number of rotatable bonds is 10. The Balaban J connectivity index is 1.91. The zero-order valence-electron chi connectivity index (χ0n) is 15.4. The van der Waals surface area contributed by atoms with Gasteiger partial charge in [-0.1, -0.05) is 25.1 Å². The highest BCUT2D eigenvalue weighted by Crippen LogP contribution is 2.07. The number of hydrogen-bond acceptors (Lipinski definition) is 4. The van der Waals surface area contributed by atoms with Crippen molar-refractivity contribution in [2.24, 2.45) is 4.99 Å². The Kier molecular flexibility index (Phi) is 8.54. The minimum Gasteiger partial charge on any atom is -0.385 e. The average Bonchev–Trinajstić information content (AvgIpc) is 3.11. The molecule has 0 atom stereocenters. The van der Waals surface area contributed by atoms with E-state index in [2.05, 4.69) is 25.8 Å². The van der Waals surface area contributed by atoms with Gasteiger partial charge >= 0.3 is 0 Å². The minimum absolute atomic E-state index is 0.243. The summed E-state index contributed by atoms with van der Waals surface area (Å²) in [6.07, 6.45) is 3.43. The molecule has 1 aromatic heterocycles. The van der Waals surface area contributed by atoms with Crippen molar-refractivity contribution >= 4 is 5.96 Å². The first-order valence-electron chi connectivity index (χ1n) is 8.85. The topological polar surface area (TPSA) is 76.4 Å². The lowest BCUT2D eigenvalue weighted by Crippen LogP contribution is -2.39. The third kappa shape index (κ3) is 6.44. The van der Waals surface area contributed by atoms with Crippen LogP contribution in [-0.2, 0) is 24.2 Å². The summed E-state index contributed by atoms with van der Waals surface area (Å²) < 4.78 is 20.8. The normalized spacial score (nSPS) is 11.6. The van der Waals surface area contributed by atoms with E-state index in [1.165, 1.54) is 6.07 Å². The number of methoxy groups -OCH3 is 1. The number of aryl methyl sites for hydroxylation is 1. The van der Waals surface area contributed by atoms with E-state index in [-0.39, 0.29) is 12.4 Å². The Morgan fingerprint density at radius 2 is 2.08 bits per heavy atom. The van der Waals surface area contributed by atoms with Gasteiger partial charge < -0.3 is 19.9 Å². The van der Waals surface area contributed by atoms with Crippen LogP contribution in [0.3, 0.4) is 0 Å². The number of aliphatic imine (C=N–C) groups is 1. The largest absolute Gasteiger partial charge is 0.385 e. The fraction of sp³-hybridized carbons (Fsp3) is 0.500.